The zero-order chi connectivity index (χ0) is 8.43. The second-order valence-corrected chi connectivity index (χ2v) is 2.95. The van der Waals surface area contributed by atoms with Crippen molar-refractivity contribution in [2.45, 2.75) is 20.8 Å². The molecule has 1 aromatic rings. The van der Waals surface area contributed by atoms with Crippen LogP contribution in [0.25, 0.3) is 0 Å². The Kier molecular flexibility index (Phi) is 2.18. The molecular weight excluding hydrogens is 136 g/mol. The fourth-order valence-corrected chi connectivity index (χ4v) is 1.17. The fraction of sp³-hybridized carbons (Fsp3) is 0.300. The summed E-state index contributed by atoms with van der Waals surface area (Å²) in [7, 11) is 0. The summed E-state index contributed by atoms with van der Waals surface area (Å²) in [4.78, 5) is 0. The molecule has 1 radical (unpaired) electrons. The summed E-state index contributed by atoms with van der Waals surface area (Å²) in [6, 6.07) is 5.59. The van der Waals surface area contributed by atoms with E-state index in [1.54, 1.807) is 6.07 Å². The van der Waals surface area contributed by atoms with Gasteiger partial charge in [0.1, 0.15) is 5.75 Å². The van der Waals surface area contributed by atoms with Crippen molar-refractivity contribution in [3.63, 3.8) is 0 Å². The first-order valence-electron chi connectivity index (χ1n) is 3.72. The van der Waals surface area contributed by atoms with Crippen LogP contribution >= 0.6 is 0 Å². The summed E-state index contributed by atoms with van der Waals surface area (Å²) in [5.74, 6) is 1.61. The fourth-order valence-electron chi connectivity index (χ4n) is 1.17. The molecule has 11 heavy (non-hydrogen) atoms. The molecule has 0 aliphatic heterocycles. The van der Waals surface area contributed by atoms with Gasteiger partial charge in [-0.15, -0.1) is 0 Å². The van der Waals surface area contributed by atoms with E-state index in [0.717, 1.165) is 11.1 Å². The van der Waals surface area contributed by atoms with E-state index in [9.17, 15) is 5.11 Å². The Labute approximate surface area is 67.7 Å². The molecule has 0 saturated heterocycles. The molecule has 0 atom stereocenters. The van der Waals surface area contributed by atoms with Gasteiger partial charge in [-0.3, -0.25) is 0 Å². The van der Waals surface area contributed by atoms with Crippen LogP contribution in [0.1, 0.15) is 25.0 Å². The van der Waals surface area contributed by atoms with E-state index in [1.807, 2.05) is 32.9 Å². The van der Waals surface area contributed by atoms with Crippen molar-refractivity contribution in [3.05, 3.63) is 35.2 Å². The van der Waals surface area contributed by atoms with Gasteiger partial charge in [0.25, 0.3) is 0 Å². The Morgan fingerprint density at radius 3 is 2.36 bits per heavy atom. The predicted molar refractivity (Wildman–Crippen MR) is 46.5 cm³/mol. The molecule has 59 valence electrons. The Hall–Kier alpha value is -0.980. The molecule has 0 saturated carbocycles. The lowest BCUT2D eigenvalue weighted by atomic mass is 9.98. The smallest absolute Gasteiger partial charge is 0.118 e. The summed E-state index contributed by atoms with van der Waals surface area (Å²) in [5.41, 5.74) is 2.11. The van der Waals surface area contributed by atoms with E-state index >= 15 is 0 Å². The maximum Gasteiger partial charge on any atom is 0.118 e. The average Bonchev–Trinajstić information content (AvgIpc) is 1.94. The van der Waals surface area contributed by atoms with Crippen molar-refractivity contribution in [3.8, 4) is 5.75 Å². The predicted octanol–water partition coefficient (Wildman–Crippen LogP) is 2.66. The lowest BCUT2D eigenvalue weighted by Crippen LogP contribution is -1.91. The van der Waals surface area contributed by atoms with E-state index in [0.29, 0.717) is 5.75 Å². The van der Waals surface area contributed by atoms with Gasteiger partial charge in [-0.2, -0.15) is 0 Å². The molecule has 1 rings (SSSR count). The number of aromatic hydroxyl groups is 1. The quantitative estimate of drug-likeness (QED) is 0.650. The van der Waals surface area contributed by atoms with Crippen LogP contribution in [0, 0.1) is 12.8 Å². The minimum Gasteiger partial charge on any atom is -0.508 e. The van der Waals surface area contributed by atoms with Crippen molar-refractivity contribution in [2.24, 2.45) is 0 Å². The van der Waals surface area contributed by atoms with Gasteiger partial charge in [0, 0.05) is 0 Å². The molecule has 0 fully saturated rings. The zero-order valence-corrected chi connectivity index (χ0v) is 7.18. The topological polar surface area (TPSA) is 20.2 Å². The number of hydrogen-bond donors (Lipinski definition) is 1. The highest BCUT2D eigenvalue weighted by Gasteiger charge is 2.05. The zero-order valence-electron chi connectivity index (χ0n) is 7.18. The van der Waals surface area contributed by atoms with Crippen LogP contribution in [0.4, 0.5) is 0 Å². The largest absolute Gasteiger partial charge is 0.508 e. The van der Waals surface area contributed by atoms with Gasteiger partial charge < -0.3 is 5.11 Å². The van der Waals surface area contributed by atoms with E-state index in [1.165, 1.54) is 5.92 Å². The summed E-state index contributed by atoms with van der Waals surface area (Å²) in [6.45, 7) is 6.02. The lowest BCUT2D eigenvalue weighted by molar-refractivity contribution is 0.470. The highest BCUT2D eigenvalue weighted by molar-refractivity contribution is 5.44. The second kappa shape index (κ2) is 2.95. The number of benzene rings is 1. The molecule has 0 heterocycles. The normalized spacial score (nSPS) is 10.5. The Balaban J connectivity index is 3.17. The second-order valence-electron chi connectivity index (χ2n) is 2.95. The summed E-state index contributed by atoms with van der Waals surface area (Å²) >= 11 is 0. The van der Waals surface area contributed by atoms with Crippen molar-refractivity contribution in [1.82, 2.24) is 0 Å². The molecule has 0 aliphatic rings. The maximum atomic E-state index is 9.34. The van der Waals surface area contributed by atoms with Crippen LogP contribution in [0.3, 0.4) is 0 Å². The van der Waals surface area contributed by atoms with Crippen LogP contribution < -0.4 is 0 Å². The molecule has 0 unspecified atom stereocenters. The summed E-state index contributed by atoms with van der Waals surface area (Å²) in [6.07, 6.45) is 0. The molecule has 0 amide bonds. The highest BCUT2D eigenvalue weighted by atomic mass is 16.3. The van der Waals surface area contributed by atoms with Crippen molar-refractivity contribution in [2.75, 3.05) is 0 Å². The third-order valence-electron chi connectivity index (χ3n) is 1.84. The van der Waals surface area contributed by atoms with Crippen molar-refractivity contribution >= 4 is 0 Å². The number of phenols is 1. The molecule has 1 N–H and O–H groups in total. The minimum atomic E-state index is 0.378. The van der Waals surface area contributed by atoms with Crippen LogP contribution in [0.5, 0.6) is 5.75 Å². The Morgan fingerprint density at radius 1 is 1.27 bits per heavy atom. The van der Waals surface area contributed by atoms with Gasteiger partial charge in [0.2, 0.25) is 0 Å². The van der Waals surface area contributed by atoms with Gasteiger partial charge in [-0.1, -0.05) is 26.0 Å². The standard InChI is InChI=1S/C10H13O/c1-7(2)9-5-4-6-10(11)8(9)3/h4-6,11H,1-3H3. The van der Waals surface area contributed by atoms with Gasteiger partial charge in [0.15, 0.2) is 0 Å². The molecular formula is C10H13O. The SMILES string of the molecule is C[C](C)c1cccc(O)c1C. The average molecular weight is 149 g/mol. The van der Waals surface area contributed by atoms with E-state index in [-0.39, 0.29) is 0 Å². The third kappa shape index (κ3) is 1.53. The first kappa shape index (κ1) is 8.12. The van der Waals surface area contributed by atoms with Crippen molar-refractivity contribution in [1.29, 1.82) is 0 Å². The maximum absolute atomic E-state index is 9.34. The van der Waals surface area contributed by atoms with Crippen LogP contribution in [0.15, 0.2) is 18.2 Å². The van der Waals surface area contributed by atoms with Crippen LogP contribution in [0.2, 0.25) is 0 Å². The first-order chi connectivity index (χ1) is 5.13. The van der Waals surface area contributed by atoms with Gasteiger partial charge in [-0.25, -0.2) is 0 Å². The van der Waals surface area contributed by atoms with E-state index < -0.39 is 0 Å². The highest BCUT2D eigenvalue weighted by Crippen LogP contribution is 2.24. The van der Waals surface area contributed by atoms with E-state index in [2.05, 4.69) is 0 Å². The number of phenolic OH excluding ortho intramolecular Hbond substituents is 1. The molecule has 0 aliphatic carbocycles. The molecule has 0 spiro atoms. The molecule has 1 heteroatoms. The van der Waals surface area contributed by atoms with Crippen molar-refractivity contribution < 1.29 is 5.11 Å². The molecule has 0 bridgehead atoms. The minimum absolute atomic E-state index is 0.378. The number of hydrogen-bond acceptors (Lipinski definition) is 1. The molecule has 1 nitrogen and oxygen atoms in total. The van der Waals surface area contributed by atoms with Gasteiger partial charge >= 0.3 is 0 Å². The lowest BCUT2D eigenvalue weighted by Gasteiger charge is -2.09. The number of rotatable bonds is 1. The van der Waals surface area contributed by atoms with Crippen LogP contribution in [-0.4, -0.2) is 5.11 Å². The Bertz CT molecular complexity index is 251. The monoisotopic (exact) mass is 149 g/mol. The molecule has 1 aromatic carbocycles. The van der Waals surface area contributed by atoms with Gasteiger partial charge in [-0.05, 0) is 30.0 Å². The summed E-state index contributed by atoms with van der Waals surface area (Å²) < 4.78 is 0. The van der Waals surface area contributed by atoms with Crippen LogP contribution in [-0.2, 0) is 0 Å². The van der Waals surface area contributed by atoms with E-state index in [4.69, 9.17) is 0 Å². The Morgan fingerprint density at radius 2 is 1.91 bits per heavy atom. The third-order valence-corrected chi connectivity index (χ3v) is 1.84. The summed E-state index contributed by atoms with van der Waals surface area (Å²) in [5, 5.41) is 9.34. The molecule has 0 aromatic heterocycles. The first-order valence-corrected chi connectivity index (χ1v) is 3.72. The van der Waals surface area contributed by atoms with Gasteiger partial charge in [0.05, 0.1) is 0 Å².